The van der Waals surface area contributed by atoms with Crippen molar-refractivity contribution in [2.75, 3.05) is 12.3 Å². The summed E-state index contributed by atoms with van der Waals surface area (Å²) in [5.41, 5.74) is 0.449. The molecule has 2 fully saturated rings. The second-order valence-corrected chi connectivity index (χ2v) is 5.46. The van der Waals surface area contributed by atoms with Crippen LogP contribution in [0.15, 0.2) is 10.6 Å². The lowest BCUT2D eigenvalue weighted by Crippen LogP contribution is -2.39. The van der Waals surface area contributed by atoms with E-state index >= 15 is 0 Å². The van der Waals surface area contributed by atoms with Gasteiger partial charge in [0.1, 0.15) is 5.76 Å². The van der Waals surface area contributed by atoms with Gasteiger partial charge < -0.3 is 9.42 Å². The number of carbonyl (C=O) groups is 1. The Balaban J connectivity index is 1.81. The molecule has 2 aliphatic heterocycles. The molecule has 0 spiro atoms. The van der Waals surface area contributed by atoms with E-state index in [4.69, 9.17) is 4.52 Å². The van der Waals surface area contributed by atoms with E-state index in [0.29, 0.717) is 22.7 Å². The molecule has 2 aliphatic rings. The van der Waals surface area contributed by atoms with Crippen LogP contribution >= 0.6 is 11.8 Å². The van der Waals surface area contributed by atoms with Crippen LogP contribution in [0.3, 0.4) is 0 Å². The Hall–Kier alpha value is -0.970. The molecule has 3 heterocycles. The first-order valence-corrected chi connectivity index (χ1v) is 6.15. The van der Waals surface area contributed by atoms with Gasteiger partial charge in [0.2, 0.25) is 0 Å². The summed E-state index contributed by atoms with van der Waals surface area (Å²) in [4.78, 5) is 14.0. The molecule has 80 valence electrons. The number of hydrogen-bond donors (Lipinski definition) is 0. The first-order valence-electron chi connectivity index (χ1n) is 5.10. The highest BCUT2D eigenvalue weighted by Crippen LogP contribution is 2.37. The van der Waals surface area contributed by atoms with Gasteiger partial charge in [-0.25, -0.2) is 0 Å². The number of aromatic nitrogens is 1. The van der Waals surface area contributed by atoms with Crippen molar-refractivity contribution in [2.45, 2.75) is 24.6 Å². The summed E-state index contributed by atoms with van der Waals surface area (Å²) in [5, 5.41) is 4.42. The number of amides is 1. The molecule has 0 aromatic carbocycles. The molecule has 2 atom stereocenters. The van der Waals surface area contributed by atoms with Crippen LogP contribution in [0.25, 0.3) is 0 Å². The molecule has 0 saturated carbocycles. The average molecular weight is 224 g/mol. The van der Waals surface area contributed by atoms with E-state index in [1.807, 2.05) is 16.7 Å². The lowest BCUT2D eigenvalue weighted by molar-refractivity contribution is 0.0737. The van der Waals surface area contributed by atoms with Gasteiger partial charge in [-0.15, -0.1) is 0 Å². The molecule has 15 heavy (non-hydrogen) atoms. The van der Waals surface area contributed by atoms with Gasteiger partial charge in [-0.1, -0.05) is 5.16 Å². The van der Waals surface area contributed by atoms with Gasteiger partial charge in [0.15, 0.2) is 5.69 Å². The Bertz CT molecular complexity index is 404. The SMILES string of the molecule is Cc1cc(C(=O)N2CC3CC2CS3)no1. The molecule has 3 rings (SSSR count). The second kappa shape index (κ2) is 3.27. The quantitative estimate of drug-likeness (QED) is 0.721. The van der Waals surface area contributed by atoms with E-state index in [1.54, 1.807) is 13.0 Å². The molecule has 4 nitrogen and oxygen atoms in total. The van der Waals surface area contributed by atoms with Crippen LogP contribution in [-0.4, -0.2) is 39.6 Å². The third-order valence-corrected chi connectivity index (χ3v) is 4.40. The van der Waals surface area contributed by atoms with Crippen molar-refractivity contribution < 1.29 is 9.32 Å². The minimum atomic E-state index is 0.0275. The monoisotopic (exact) mass is 224 g/mol. The number of fused-ring (bicyclic) bond motifs is 2. The van der Waals surface area contributed by atoms with E-state index < -0.39 is 0 Å². The normalized spacial score (nSPS) is 28.7. The van der Waals surface area contributed by atoms with Gasteiger partial charge in [0.25, 0.3) is 5.91 Å². The summed E-state index contributed by atoms with van der Waals surface area (Å²) in [6, 6.07) is 2.13. The topological polar surface area (TPSA) is 46.3 Å². The first-order chi connectivity index (χ1) is 7.24. The van der Waals surface area contributed by atoms with Crippen molar-refractivity contribution in [1.29, 1.82) is 0 Å². The Kier molecular flexibility index (Phi) is 2.02. The fourth-order valence-corrected chi connectivity index (χ4v) is 3.70. The van der Waals surface area contributed by atoms with Gasteiger partial charge in [0, 0.05) is 29.7 Å². The van der Waals surface area contributed by atoms with E-state index in [2.05, 4.69) is 5.16 Å². The number of carbonyl (C=O) groups excluding carboxylic acids is 1. The zero-order chi connectivity index (χ0) is 10.4. The van der Waals surface area contributed by atoms with Crippen LogP contribution in [-0.2, 0) is 0 Å². The van der Waals surface area contributed by atoms with Gasteiger partial charge in [0.05, 0.1) is 0 Å². The van der Waals surface area contributed by atoms with Gasteiger partial charge in [-0.2, -0.15) is 11.8 Å². The summed E-state index contributed by atoms with van der Waals surface area (Å²) in [5.74, 6) is 1.80. The standard InChI is InChI=1S/C10H12N2O2S/c1-6-2-9(11-14-6)10(13)12-4-8-3-7(12)5-15-8/h2,7-8H,3-5H2,1H3. The average Bonchev–Trinajstić information content (AvgIpc) is 2.90. The molecule has 1 aromatic rings. The highest BCUT2D eigenvalue weighted by Gasteiger charge is 2.41. The number of aryl methyl sites for hydroxylation is 1. The van der Waals surface area contributed by atoms with Crippen LogP contribution in [0, 0.1) is 6.92 Å². The highest BCUT2D eigenvalue weighted by atomic mass is 32.2. The summed E-state index contributed by atoms with van der Waals surface area (Å²) in [6.45, 7) is 2.68. The zero-order valence-electron chi connectivity index (χ0n) is 8.47. The molecule has 2 saturated heterocycles. The summed E-state index contributed by atoms with van der Waals surface area (Å²) in [6.07, 6.45) is 1.15. The zero-order valence-corrected chi connectivity index (χ0v) is 9.29. The molecular formula is C10H12N2O2S. The third kappa shape index (κ3) is 1.45. The van der Waals surface area contributed by atoms with E-state index in [0.717, 1.165) is 18.7 Å². The van der Waals surface area contributed by atoms with E-state index in [9.17, 15) is 4.79 Å². The number of nitrogens with zero attached hydrogens (tertiary/aromatic N) is 2. The molecule has 2 unspecified atom stereocenters. The molecule has 1 aromatic heterocycles. The number of thioether (sulfide) groups is 1. The minimum Gasteiger partial charge on any atom is -0.361 e. The third-order valence-electron chi connectivity index (χ3n) is 3.01. The smallest absolute Gasteiger partial charge is 0.276 e. The van der Waals surface area contributed by atoms with Crippen molar-refractivity contribution in [3.63, 3.8) is 0 Å². The highest BCUT2D eigenvalue weighted by molar-refractivity contribution is 8.00. The summed E-state index contributed by atoms with van der Waals surface area (Å²) >= 11 is 1.98. The van der Waals surface area contributed by atoms with Crippen LogP contribution in [0.1, 0.15) is 22.7 Å². The van der Waals surface area contributed by atoms with Crippen molar-refractivity contribution in [2.24, 2.45) is 0 Å². The molecule has 1 amide bonds. The Morgan fingerprint density at radius 3 is 3.13 bits per heavy atom. The Morgan fingerprint density at radius 2 is 2.60 bits per heavy atom. The van der Waals surface area contributed by atoms with E-state index in [-0.39, 0.29) is 5.91 Å². The number of rotatable bonds is 1. The molecule has 2 bridgehead atoms. The molecule has 5 heteroatoms. The fraction of sp³-hybridized carbons (Fsp3) is 0.600. The largest absolute Gasteiger partial charge is 0.361 e. The predicted octanol–water partition coefficient (Wildman–Crippen LogP) is 1.31. The van der Waals surface area contributed by atoms with Crippen LogP contribution < -0.4 is 0 Å². The molecule has 0 radical (unpaired) electrons. The number of hydrogen-bond acceptors (Lipinski definition) is 4. The van der Waals surface area contributed by atoms with Crippen LogP contribution in [0.2, 0.25) is 0 Å². The van der Waals surface area contributed by atoms with Gasteiger partial charge >= 0.3 is 0 Å². The predicted molar refractivity (Wildman–Crippen MR) is 56.9 cm³/mol. The molecule has 0 N–H and O–H groups in total. The van der Waals surface area contributed by atoms with E-state index in [1.165, 1.54) is 0 Å². The fourth-order valence-electron chi connectivity index (χ4n) is 2.26. The van der Waals surface area contributed by atoms with Gasteiger partial charge in [-0.3, -0.25) is 4.79 Å². The Morgan fingerprint density at radius 1 is 1.73 bits per heavy atom. The van der Waals surface area contributed by atoms with Crippen molar-refractivity contribution in [1.82, 2.24) is 10.1 Å². The maximum atomic E-state index is 12.0. The van der Waals surface area contributed by atoms with Gasteiger partial charge in [-0.05, 0) is 13.3 Å². The van der Waals surface area contributed by atoms with Crippen LogP contribution in [0.5, 0.6) is 0 Å². The van der Waals surface area contributed by atoms with Crippen molar-refractivity contribution >= 4 is 17.7 Å². The minimum absolute atomic E-state index is 0.0275. The molecule has 0 aliphatic carbocycles. The maximum Gasteiger partial charge on any atom is 0.276 e. The Labute approximate surface area is 92.0 Å². The number of likely N-dealkylation sites (tertiary alicyclic amines) is 1. The second-order valence-electron chi connectivity index (χ2n) is 4.13. The first kappa shape index (κ1) is 9.27. The van der Waals surface area contributed by atoms with Crippen molar-refractivity contribution in [3.05, 3.63) is 17.5 Å². The summed E-state index contributed by atoms with van der Waals surface area (Å²) < 4.78 is 4.92. The maximum absolute atomic E-state index is 12.0. The molecular weight excluding hydrogens is 212 g/mol. The lowest BCUT2D eigenvalue weighted by Gasteiger charge is -2.25. The van der Waals surface area contributed by atoms with Crippen LogP contribution in [0.4, 0.5) is 0 Å². The van der Waals surface area contributed by atoms with Crippen molar-refractivity contribution in [3.8, 4) is 0 Å². The summed E-state index contributed by atoms with van der Waals surface area (Å²) in [7, 11) is 0. The lowest BCUT2D eigenvalue weighted by atomic mass is 10.2.